The lowest BCUT2D eigenvalue weighted by Crippen LogP contribution is -2.32. The van der Waals surface area contributed by atoms with Crippen LogP contribution < -0.4 is 14.8 Å². The number of hydrogen-bond donors (Lipinski definition) is 2. The monoisotopic (exact) mass is 454 g/mol. The maximum absolute atomic E-state index is 12.7. The third kappa shape index (κ3) is 5.82. The summed E-state index contributed by atoms with van der Waals surface area (Å²) >= 11 is 0. The van der Waals surface area contributed by atoms with Crippen molar-refractivity contribution in [2.24, 2.45) is 0 Å². The molecule has 1 heterocycles. The van der Waals surface area contributed by atoms with E-state index in [0.29, 0.717) is 29.2 Å². The van der Waals surface area contributed by atoms with E-state index in [4.69, 9.17) is 4.74 Å². The van der Waals surface area contributed by atoms with Gasteiger partial charge in [0.15, 0.2) is 6.10 Å². The van der Waals surface area contributed by atoms with Gasteiger partial charge in [0.1, 0.15) is 5.75 Å². The van der Waals surface area contributed by atoms with Crippen LogP contribution in [0.25, 0.3) is 0 Å². The van der Waals surface area contributed by atoms with Crippen LogP contribution in [0.5, 0.6) is 5.75 Å². The van der Waals surface area contributed by atoms with Gasteiger partial charge in [-0.2, -0.15) is 0 Å². The summed E-state index contributed by atoms with van der Waals surface area (Å²) in [4.78, 5) is 20.9. The molecule has 8 nitrogen and oxygen atoms in total. The number of hydrogen-bond acceptors (Lipinski definition) is 6. The molecule has 3 aromatic rings. The van der Waals surface area contributed by atoms with Gasteiger partial charge < -0.3 is 10.1 Å². The van der Waals surface area contributed by atoms with E-state index < -0.39 is 16.1 Å². The van der Waals surface area contributed by atoms with Crippen LogP contribution in [0.3, 0.4) is 0 Å². The van der Waals surface area contributed by atoms with Gasteiger partial charge >= 0.3 is 0 Å². The van der Waals surface area contributed by atoms with Crippen molar-refractivity contribution in [3.05, 3.63) is 71.5 Å². The molecule has 0 saturated heterocycles. The average Bonchev–Trinajstić information content (AvgIpc) is 2.72. The zero-order chi connectivity index (χ0) is 23.3. The van der Waals surface area contributed by atoms with Gasteiger partial charge in [0.2, 0.25) is 5.95 Å². The Bertz CT molecular complexity index is 1190. The van der Waals surface area contributed by atoms with Crippen LogP contribution in [-0.2, 0) is 14.8 Å². The first-order valence-corrected chi connectivity index (χ1v) is 11.6. The van der Waals surface area contributed by atoms with E-state index >= 15 is 0 Å². The van der Waals surface area contributed by atoms with E-state index in [1.165, 1.54) is 24.3 Å². The third-order valence-corrected chi connectivity index (χ3v) is 6.01. The molecule has 1 aromatic heterocycles. The van der Waals surface area contributed by atoms with Gasteiger partial charge in [0.25, 0.3) is 15.9 Å². The van der Waals surface area contributed by atoms with Crippen LogP contribution in [0.2, 0.25) is 0 Å². The Kier molecular flexibility index (Phi) is 7.09. The van der Waals surface area contributed by atoms with Crippen LogP contribution in [0.4, 0.5) is 11.6 Å². The Labute approximate surface area is 188 Å². The lowest BCUT2D eigenvalue weighted by atomic mass is 10.2. The summed E-state index contributed by atoms with van der Waals surface area (Å²) in [6, 6.07) is 15.1. The van der Waals surface area contributed by atoms with Gasteiger partial charge in [-0.3, -0.25) is 4.79 Å². The number of ether oxygens (including phenoxy) is 1. The van der Waals surface area contributed by atoms with Crippen molar-refractivity contribution in [1.82, 2.24) is 9.97 Å². The molecule has 0 radical (unpaired) electrons. The third-order valence-electron chi connectivity index (χ3n) is 4.67. The average molecular weight is 455 g/mol. The Balaban J connectivity index is 1.69. The highest BCUT2D eigenvalue weighted by atomic mass is 32.2. The zero-order valence-electron chi connectivity index (χ0n) is 18.4. The fraction of sp³-hybridized carbons (Fsp3) is 0.261. The summed E-state index contributed by atoms with van der Waals surface area (Å²) in [6.07, 6.45) is -0.199. The lowest BCUT2D eigenvalue weighted by molar-refractivity contribution is -0.122. The number of carbonyl (C=O) groups excluding carboxylic acids is 1. The van der Waals surface area contributed by atoms with Crippen LogP contribution >= 0.6 is 0 Å². The number of amides is 1. The van der Waals surface area contributed by atoms with Gasteiger partial charge in [-0.1, -0.05) is 25.1 Å². The largest absolute Gasteiger partial charge is 0.480 e. The van der Waals surface area contributed by atoms with Crippen molar-refractivity contribution >= 4 is 27.6 Å². The summed E-state index contributed by atoms with van der Waals surface area (Å²) in [5.74, 6) is 0.350. The maximum Gasteiger partial charge on any atom is 0.265 e. The maximum atomic E-state index is 12.7. The molecule has 0 spiro atoms. The molecule has 32 heavy (non-hydrogen) atoms. The number of rotatable bonds is 8. The molecule has 0 saturated carbocycles. The lowest BCUT2D eigenvalue weighted by Gasteiger charge is -2.18. The second-order valence-corrected chi connectivity index (χ2v) is 9.06. The summed E-state index contributed by atoms with van der Waals surface area (Å²) in [6.45, 7) is 7.29. The molecule has 9 heteroatoms. The summed E-state index contributed by atoms with van der Waals surface area (Å²) in [5, 5.41) is 2.77. The van der Waals surface area contributed by atoms with E-state index in [-0.39, 0.29) is 16.8 Å². The van der Waals surface area contributed by atoms with Gasteiger partial charge in [0.05, 0.1) is 4.90 Å². The summed E-state index contributed by atoms with van der Waals surface area (Å²) < 4.78 is 33.5. The van der Waals surface area contributed by atoms with Crippen LogP contribution in [-0.4, -0.2) is 30.4 Å². The molecule has 2 N–H and O–H groups in total. The van der Waals surface area contributed by atoms with Crippen molar-refractivity contribution in [2.45, 2.75) is 45.1 Å². The number of aromatic nitrogens is 2. The highest BCUT2D eigenvalue weighted by Crippen LogP contribution is 2.21. The minimum Gasteiger partial charge on any atom is -0.480 e. The second kappa shape index (κ2) is 9.78. The number of para-hydroxylation sites is 1. The minimum atomic E-state index is -3.87. The predicted molar refractivity (Wildman–Crippen MR) is 123 cm³/mol. The van der Waals surface area contributed by atoms with E-state index in [0.717, 1.165) is 5.56 Å². The zero-order valence-corrected chi connectivity index (χ0v) is 19.2. The highest BCUT2D eigenvalue weighted by molar-refractivity contribution is 7.92. The minimum absolute atomic E-state index is 0.0130. The van der Waals surface area contributed by atoms with Crippen molar-refractivity contribution in [3.63, 3.8) is 0 Å². The number of aryl methyl sites for hydroxylation is 3. The number of sulfonamides is 1. The molecule has 0 aliphatic heterocycles. The molecule has 0 bridgehead atoms. The summed E-state index contributed by atoms with van der Waals surface area (Å²) in [5.41, 5.74) is 2.72. The van der Waals surface area contributed by atoms with Crippen molar-refractivity contribution in [2.75, 3.05) is 10.0 Å². The van der Waals surface area contributed by atoms with Crippen LogP contribution in [0, 0.1) is 20.8 Å². The van der Waals surface area contributed by atoms with Gasteiger partial charge in [-0.25, -0.2) is 23.1 Å². The highest BCUT2D eigenvalue weighted by Gasteiger charge is 2.20. The Hall–Kier alpha value is -3.46. The molecule has 2 aromatic carbocycles. The first kappa shape index (κ1) is 23.2. The predicted octanol–water partition coefficient (Wildman–Crippen LogP) is 4.00. The molecule has 168 valence electrons. The smallest absolute Gasteiger partial charge is 0.265 e. The number of nitrogens with one attached hydrogen (secondary N) is 2. The Morgan fingerprint density at radius 2 is 1.62 bits per heavy atom. The SMILES string of the molecule is CCC(Oc1ccccc1C)C(=O)Nc1ccc(S(=O)(=O)Nc2nc(C)cc(C)n2)cc1. The molecule has 1 unspecified atom stereocenters. The molecule has 0 aliphatic carbocycles. The molecule has 0 fully saturated rings. The molecule has 1 atom stereocenters. The molecule has 0 aliphatic rings. The van der Waals surface area contributed by atoms with Gasteiger partial charge in [-0.05, 0) is 69.2 Å². The number of anilines is 2. The fourth-order valence-electron chi connectivity index (χ4n) is 3.06. The van der Waals surface area contributed by atoms with Crippen molar-refractivity contribution in [3.8, 4) is 5.75 Å². The van der Waals surface area contributed by atoms with E-state index in [1.54, 1.807) is 19.9 Å². The van der Waals surface area contributed by atoms with Crippen LogP contribution in [0.1, 0.15) is 30.3 Å². The van der Waals surface area contributed by atoms with E-state index in [1.807, 2.05) is 38.1 Å². The number of benzene rings is 2. The standard InChI is InChI=1S/C23H26N4O4S/c1-5-20(31-21-9-7-6-8-15(21)2)22(28)26-18-10-12-19(13-11-18)32(29,30)27-23-24-16(3)14-17(4)25-23/h6-14,20H,5H2,1-4H3,(H,26,28)(H,24,25,27). The number of carbonyl (C=O) groups is 1. The molecule has 3 rings (SSSR count). The quantitative estimate of drug-likeness (QED) is 0.532. The fourth-order valence-corrected chi connectivity index (χ4v) is 4.00. The van der Waals surface area contributed by atoms with Gasteiger partial charge in [0, 0.05) is 17.1 Å². The van der Waals surface area contributed by atoms with Crippen molar-refractivity contribution < 1.29 is 17.9 Å². The Morgan fingerprint density at radius 1 is 1.00 bits per heavy atom. The van der Waals surface area contributed by atoms with Crippen molar-refractivity contribution in [1.29, 1.82) is 0 Å². The number of nitrogens with zero attached hydrogens (tertiary/aromatic N) is 2. The Morgan fingerprint density at radius 3 is 2.22 bits per heavy atom. The molecular formula is C23H26N4O4S. The van der Waals surface area contributed by atoms with Gasteiger partial charge in [-0.15, -0.1) is 0 Å². The molecular weight excluding hydrogens is 428 g/mol. The van der Waals surface area contributed by atoms with E-state index in [9.17, 15) is 13.2 Å². The first-order valence-electron chi connectivity index (χ1n) is 10.2. The second-order valence-electron chi connectivity index (χ2n) is 7.37. The normalized spacial score (nSPS) is 12.1. The summed E-state index contributed by atoms with van der Waals surface area (Å²) in [7, 11) is -3.87. The van der Waals surface area contributed by atoms with E-state index in [2.05, 4.69) is 20.0 Å². The first-order chi connectivity index (χ1) is 15.2. The van der Waals surface area contributed by atoms with Crippen LogP contribution in [0.15, 0.2) is 59.5 Å². The topological polar surface area (TPSA) is 110 Å². The molecule has 1 amide bonds.